The second kappa shape index (κ2) is 5.95. The van der Waals surface area contributed by atoms with Crippen LogP contribution in [-0.4, -0.2) is 40.6 Å². The highest BCUT2D eigenvalue weighted by Gasteiger charge is 2.29. The Morgan fingerprint density at radius 2 is 2.00 bits per heavy atom. The van der Waals surface area contributed by atoms with Crippen molar-refractivity contribution in [1.29, 1.82) is 0 Å². The number of pyridine rings is 1. The Morgan fingerprint density at radius 1 is 1.19 bits per heavy atom. The summed E-state index contributed by atoms with van der Waals surface area (Å²) in [5, 5.41) is 4.20. The van der Waals surface area contributed by atoms with E-state index in [9.17, 15) is 8.42 Å². The van der Waals surface area contributed by atoms with Crippen LogP contribution in [0.4, 0.5) is 0 Å². The number of nitrogens with zero attached hydrogens (tertiary/aromatic N) is 4. The van der Waals surface area contributed by atoms with Gasteiger partial charge in [-0.25, -0.2) is 8.42 Å². The topological polar surface area (TPSA) is 68.1 Å². The molecule has 2 aromatic rings. The van der Waals surface area contributed by atoms with Crippen molar-refractivity contribution in [2.24, 2.45) is 5.92 Å². The third kappa shape index (κ3) is 3.14. The number of hydrogen-bond donors (Lipinski definition) is 0. The van der Waals surface area contributed by atoms with Gasteiger partial charge in [-0.1, -0.05) is 0 Å². The first-order valence-electron chi connectivity index (χ1n) is 7.04. The van der Waals surface area contributed by atoms with Crippen molar-refractivity contribution in [2.75, 3.05) is 13.1 Å². The van der Waals surface area contributed by atoms with Crippen molar-refractivity contribution in [3.8, 4) is 0 Å². The lowest BCUT2D eigenvalue weighted by Crippen LogP contribution is -2.39. The molecule has 0 N–H and O–H groups in total. The molecule has 0 spiro atoms. The zero-order valence-corrected chi connectivity index (χ0v) is 12.5. The van der Waals surface area contributed by atoms with E-state index in [0.717, 1.165) is 19.4 Å². The normalized spacial score (nSPS) is 17.9. The highest BCUT2D eigenvalue weighted by Crippen LogP contribution is 2.24. The van der Waals surface area contributed by atoms with E-state index < -0.39 is 10.0 Å². The summed E-state index contributed by atoms with van der Waals surface area (Å²) in [7, 11) is -3.40. The van der Waals surface area contributed by atoms with E-state index in [0.29, 0.717) is 19.0 Å². The number of piperidine rings is 1. The van der Waals surface area contributed by atoms with Crippen LogP contribution in [0.15, 0.2) is 47.9 Å². The Balaban J connectivity index is 1.63. The van der Waals surface area contributed by atoms with Gasteiger partial charge in [0.05, 0.1) is 0 Å². The Labute approximate surface area is 124 Å². The van der Waals surface area contributed by atoms with E-state index in [-0.39, 0.29) is 4.90 Å². The second-order valence-electron chi connectivity index (χ2n) is 5.26. The molecule has 3 heterocycles. The maximum atomic E-state index is 12.5. The average Bonchev–Trinajstić information content (AvgIpc) is 3.02. The Hall–Kier alpha value is -1.73. The number of rotatable bonds is 4. The van der Waals surface area contributed by atoms with Crippen molar-refractivity contribution in [3.05, 3.63) is 43.0 Å². The number of hydrogen-bond acceptors (Lipinski definition) is 4. The van der Waals surface area contributed by atoms with Gasteiger partial charge >= 0.3 is 0 Å². The standard InChI is InChI=1S/C14H18N4O2S/c19-21(20,14-3-1-6-15-11-14)18-9-4-13(5-10-18)12-17-8-2-7-16-17/h1-3,6-8,11,13H,4-5,9-10,12H2. The van der Waals surface area contributed by atoms with Crippen LogP contribution in [0.25, 0.3) is 0 Å². The fraction of sp³-hybridized carbons (Fsp3) is 0.429. The molecule has 0 bridgehead atoms. The summed E-state index contributed by atoms with van der Waals surface area (Å²) in [5.74, 6) is 0.477. The fourth-order valence-electron chi connectivity index (χ4n) is 2.65. The molecule has 0 aliphatic carbocycles. The fourth-order valence-corrected chi connectivity index (χ4v) is 4.09. The molecule has 1 saturated heterocycles. The monoisotopic (exact) mass is 306 g/mol. The van der Waals surface area contributed by atoms with Crippen LogP contribution in [0.5, 0.6) is 0 Å². The molecule has 21 heavy (non-hydrogen) atoms. The molecule has 6 nitrogen and oxygen atoms in total. The Kier molecular flexibility index (Phi) is 4.03. The third-order valence-corrected chi connectivity index (χ3v) is 5.73. The van der Waals surface area contributed by atoms with Crippen LogP contribution >= 0.6 is 0 Å². The minimum absolute atomic E-state index is 0.274. The maximum Gasteiger partial charge on any atom is 0.244 e. The molecule has 0 unspecified atom stereocenters. The molecule has 1 aliphatic heterocycles. The first-order chi connectivity index (χ1) is 10.2. The van der Waals surface area contributed by atoms with E-state index in [1.165, 1.54) is 6.20 Å². The average molecular weight is 306 g/mol. The van der Waals surface area contributed by atoms with Crippen molar-refractivity contribution in [2.45, 2.75) is 24.3 Å². The van der Waals surface area contributed by atoms with Crippen molar-refractivity contribution in [3.63, 3.8) is 0 Å². The molecular weight excluding hydrogens is 288 g/mol. The SMILES string of the molecule is O=S(=O)(c1cccnc1)N1CCC(Cn2cccn2)CC1. The minimum atomic E-state index is -3.40. The van der Waals surface area contributed by atoms with Gasteiger partial charge in [0.1, 0.15) is 4.90 Å². The highest BCUT2D eigenvalue weighted by molar-refractivity contribution is 7.89. The predicted molar refractivity (Wildman–Crippen MR) is 77.9 cm³/mol. The van der Waals surface area contributed by atoms with Gasteiger partial charge in [-0.2, -0.15) is 9.40 Å². The van der Waals surface area contributed by atoms with Crippen LogP contribution in [-0.2, 0) is 16.6 Å². The first-order valence-corrected chi connectivity index (χ1v) is 8.48. The van der Waals surface area contributed by atoms with Gasteiger partial charge in [0, 0.05) is 44.4 Å². The van der Waals surface area contributed by atoms with E-state index in [1.807, 2.05) is 16.9 Å². The number of sulfonamides is 1. The lowest BCUT2D eigenvalue weighted by molar-refractivity contribution is 0.247. The lowest BCUT2D eigenvalue weighted by Gasteiger charge is -2.31. The van der Waals surface area contributed by atoms with Gasteiger partial charge in [0.2, 0.25) is 10.0 Å². The molecule has 0 aromatic carbocycles. The molecule has 3 rings (SSSR count). The van der Waals surface area contributed by atoms with Gasteiger partial charge < -0.3 is 0 Å². The quantitative estimate of drug-likeness (QED) is 0.856. The minimum Gasteiger partial charge on any atom is -0.272 e. The van der Waals surface area contributed by atoms with E-state index in [2.05, 4.69) is 10.1 Å². The first kappa shape index (κ1) is 14.2. The summed E-state index contributed by atoms with van der Waals surface area (Å²) in [6.07, 6.45) is 8.42. The largest absolute Gasteiger partial charge is 0.272 e. The maximum absolute atomic E-state index is 12.5. The number of aromatic nitrogens is 3. The Morgan fingerprint density at radius 3 is 2.62 bits per heavy atom. The second-order valence-corrected chi connectivity index (χ2v) is 7.20. The molecule has 2 aromatic heterocycles. The van der Waals surface area contributed by atoms with Gasteiger partial charge in [-0.05, 0) is 37.0 Å². The van der Waals surface area contributed by atoms with E-state index in [4.69, 9.17) is 0 Å². The van der Waals surface area contributed by atoms with Crippen LogP contribution in [0.1, 0.15) is 12.8 Å². The van der Waals surface area contributed by atoms with Gasteiger partial charge in [-0.3, -0.25) is 9.67 Å². The molecule has 0 radical (unpaired) electrons. The zero-order valence-electron chi connectivity index (χ0n) is 11.7. The summed E-state index contributed by atoms with van der Waals surface area (Å²) < 4.78 is 28.4. The van der Waals surface area contributed by atoms with E-state index in [1.54, 1.807) is 28.8 Å². The van der Waals surface area contributed by atoms with Crippen molar-refractivity contribution in [1.82, 2.24) is 19.1 Å². The molecule has 7 heteroatoms. The molecular formula is C14H18N4O2S. The van der Waals surface area contributed by atoms with Gasteiger partial charge in [0.25, 0.3) is 0 Å². The molecule has 0 amide bonds. The Bertz CT molecular complexity index is 662. The third-order valence-electron chi connectivity index (χ3n) is 3.85. The van der Waals surface area contributed by atoms with Crippen molar-refractivity contribution >= 4 is 10.0 Å². The molecule has 0 saturated carbocycles. The summed E-state index contributed by atoms with van der Waals surface area (Å²) in [6, 6.07) is 5.15. The van der Waals surface area contributed by atoms with Gasteiger partial charge in [0.15, 0.2) is 0 Å². The summed E-state index contributed by atoms with van der Waals surface area (Å²) in [4.78, 5) is 4.17. The van der Waals surface area contributed by atoms with Crippen LogP contribution in [0, 0.1) is 5.92 Å². The van der Waals surface area contributed by atoms with Crippen LogP contribution < -0.4 is 0 Å². The zero-order chi connectivity index (χ0) is 14.7. The molecule has 112 valence electrons. The molecule has 0 atom stereocenters. The smallest absolute Gasteiger partial charge is 0.244 e. The van der Waals surface area contributed by atoms with Gasteiger partial charge in [-0.15, -0.1) is 0 Å². The lowest BCUT2D eigenvalue weighted by atomic mass is 9.98. The summed E-state index contributed by atoms with van der Waals surface area (Å²) in [6.45, 7) is 1.97. The van der Waals surface area contributed by atoms with Crippen LogP contribution in [0.3, 0.4) is 0 Å². The predicted octanol–water partition coefficient (Wildman–Crippen LogP) is 1.38. The highest BCUT2D eigenvalue weighted by atomic mass is 32.2. The molecule has 1 aliphatic rings. The summed E-state index contributed by atoms with van der Waals surface area (Å²) in [5.41, 5.74) is 0. The summed E-state index contributed by atoms with van der Waals surface area (Å²) >= 11 is 0. The van der Waals surface area contributed by atoms with Crippen molar-refractivity contribution < 1.29 is 8.42 Å². The van der Waals surface area contributed by atoms with E-state index >= 15 is 0 Å². The molecule has 1 fully saturated rings. The van der Waals surface area contributed by atoms with Crippen LogP contribution in [0.2, 0.25) is 0 Å².